The summed E-state index contributed by atoms with van der Waals surface area (Å²) in [5, 5.41) is 19.9. The Bertz CT molecular complexity index is 1190. The summed E-state index contributed by atoms with van der Waals surface area (Å²) in [6.45, 7) is 0.895. The summed E-state index contributed by atoms with van der Waals surface area (Å²) in [7, 11) is 0. The van der Waals surface area contributed by atoms with Gasteiger partial charge in [0, 0.05) is 31.7 Å². The van der Waals surface area contributed by atoms with Crippen LogP contribution in [0.3, 0.4) is 0 Å². The number of rotatable bonds is 11. The molecule has 0 spiro atoms. The van der Waals surface area contributed by atoms with Gasteiger partial charge in [-0.15, -0.1) is 0 Å². The van der Waals surface area contributed by atoms with E-state index in [1.54, 1.807) is 0 Å². The van der Waals surface area contributed by atoms with Gasteiger partial charge in [0.15, 0.2) is 11.6 Å². The van der Waals surface area contributed by atoms with Crippen molar-refractivity contribution in [2.24, 2.45) is 17.8 Å². The number of piperidine rings is 1. The van der Waals surface area contributed by atoms with Crippen LogP contribution in [0.25, 0.3) is 0 Å². The lowest BCUT2D eigenvalue weighted by Gasteiger charge is -2.33. The lowest BCUT2D eigenvalue weighted by Crippen LogP contribution is -2.46. The predicted molar refractivity (Wildman–Crippen MR) is 131 cm³/mol. The zero-order valence-electron chi connectivity index (χ0n) is 21.0. The molecule has 0 radical (unpaired) electrons. The first kappa shape index (κ1) is 28.1. The number of aromatic nitrogens is 4. The summed E-state index contributed by atoms with van der Waals surface area (Å²) in [5.41, 5.74) is 5.49. The van der Waals surface area contributed by atoms with Gasteiger partial charge < -0.3 is 30.5 Å². The fraction of sp³-hybridized carbons (Fsp3) is 0.583. The number of nitrogens with zero attached hydrogens (tertiary/aromatic N) is 6. The highest BCUT2D eigenvalue weighted by Gasteiger charge is 2.41. The third-order valence-electron chi connectivity index (χ3n) is 6.68. The molecule has 1 aliphatic heterocycles. The molecule has 1 saturated heterocycles. The van der Waals surface area contributed by atoms with Crippen LogP contribution in [0.4, 0.5) is 24.8 Å². The summed E-state index contributed by atoms with van der Waals surface area (Å²) >= 11 is 0. The minimum absolute atomic E-state index is 0.0125. The molecule has 3 heterocycles. The van der Waals surface area contributed by atoms with Crippen molar-refractivity contribution in [1.82, 2.24) is 25.3 Å². The Morgan fingerprint density at radius 2 is 2.05 bits per heavy atom. The Kier molecular flexibility index (Phi) is 8.85. The lowest BCUT2D eigenvalue weighted by atomic mass is 9.98. The molecule has 2 fully saturated rings. The van der Waals surface area contributed by atoms with Crippen molar-refractivity contribution in [2.45, 2.75) is 37.9 Å². The van der Waals surface area contributed by atoms with Crippen LogP contribution >= 0.6 is 0 Å². The molecular weight excluding hydrogens is 521 g/mol. The van der Waals surface area contributed by atoms with Gasteiger partial charge in [-0.1, -0.05) is 0 Å². The number of hydrogen-bond donors (Lipinski definition) is 3. The van der Waals surface area contributed by atoms with E-state index < -0.39 is 31.2 Å². The highest BCUT2D eigenvalue weighted by atomic mass is 19.4. The van der Waals surface area contributed by atoms with E-state index in [1.807, 2.05) is 10.2 Å². The molecule has 1 amide bonds. The summed E-state index contributed by atoms with van der Waals surface area (Å²) in [6, 6.07) is 1.08. The van der Waals surface area contributed by atoms with Gasteiger partial charge in [-0.3, -0.25) is 4.79 Å². The van der Waals surface area contributed by atoms with Gasteiger partial charge in [0.1, 0.15) is 23.9 Å². The number of ether oxygens (including phenoxy) is 2. The van der Waals surface area contributed by atoms with Crippen molar-refractivity contribution in [3.8, 4) is 17.8 Å². The van der Waals surface area contributed by atoms with E-state index >= 15 is 0 Å². The van der Waals surface area contributed by atoms with Crippen molar-refractivity contribution >= 4 is 17.5 Å². The van der Waals surface area contributed by atoms with E-state index in [4.69, 9.17) is 25.6 Å². The molecule has 1 saturated carbocycles. The van der Waals surface area contributed by atoms with Crippen LogP contribution in [-0.4, -0.2) is 76.1 Å². The van der Waals surface area contributed by atoms with Gasteiger partial charge in [0.25, 0.3) is 5.91 Å². The number of aliphatic hydroxyl groups excluding tert-OH is 1. The lowest BCUT2D eigenvalue weighted by molar-refractivity contribution is -0.156. The number of nitrogens with two attached hydrogens (primary N) is 1. The van der Waals surface area contributed by atoms with E-state index in [1.165, 1.54) is 18.6 Å². The maximum atomic E-state index is 13.3. The smallest absolute Gasteiger partial charge is 0.408 e. The Balaban J connectivity index is 1.44. The van der Waals surface area contributed by atoms with E-state index in [-0.39, 0.29) is 41.9 Å². The number of nitrogen functional groups attached to an aromatic ring is 1. The van der Waals surface area contributed by atoms with E-state index in [2.05, 4.69) is 26.0 Å². The first-order chi connectivity index (χ1) is 18.7. The zero-order valence-corrected chi connectivity index (χ0v) is 21.0. The Labute approximate surface area is 222 Å². The number of carbonyl (C=O) groups is 1. The number of halogens is 3. The highest BCUT2D eigenvalue weighted by molar-refractivity contribution is 5.93. The molecule has 2 aromatic rings. The van der Waals surface area contributed by atoms with Crippen LogP contribution in [-0.2, 0) is 0 Å². The van der Waals surface area contributed by atoms with Crippen LogP contribution in [0.15, 0.2) is 18.6 Å². The summed E-state index contributed by atoms with van der Waals surface area (Å²) < 4.78 is 51.3. The second kappa shape index (κ2) is 12.3. The quantitative estimate of drug-likeness (QED) is 0.372. The molecular formula is C24H29F3N8O4. The van der Waals surface area contributed by atoms with Gasteiger partial charge in [0.2, 0.25) is 0 Å². The van der Waals surface area contributed by atoms with Crippen LogP contribution in [0.5, 0.6) is 11.8 Å². The molecule has 12 nitrogen and oxygen atoms in total. The molecule has 39 heavy (non-hydrogen) atoms. The molecule has 0 aromatic carbocycles. The second-order valence-corrected chi connectivity index (χ2v) is 9.53. The number of carbonyl (C=O) groups excluding carboxylic acids is 1. The monoisotopic (exact) mass is 550 g/mol. The maximum Gasteiger partial charge on any atom is 0.408 e. The molecule has 2 aliphatic rings. The minimum Gasteiger partial charge on any atom is -0.488 e. The van der Waals surface area contributed by atoms with Crippen molar-refractivity contribution in [3.63, 3.8) is 0 Å². The fourth-order valence-corrected chi connectivity index (χ4v) is 4.18. The molecule has 0 bridgehead atoms. The SMILES string of the molecule is N#C[C@@H]1C[C@@H]1COc1nc(C(=O)NC(CCO)C(F)(F)F)cc(N2CCC(COc3cncnc3N)CC2)n1. The minimum atomic E-state index is -4.74. The normalized spacial score (nSPS) is 20.1. The van der Waals surface area contributed by atoms with Crippen molar-refractivity contribution in [3.05, 3.63) is 24.3 Å². The number of hydrogen-bond acceptors (Lipinski definition) is 11. The van der Waals surface area contributed by atoms with Crippen LogP contribution in [0.2, 0.25) is 0 Å². The molecule has 4 rings (SSSR count). The average molecular weight is 551 g/mol. The van der Waals surface area contributed by atoms with Gasteiger partial charge in [-0.2, -0.15) is 28.4 Å². The third-order valence-corrected chi connectivity index (χ3v) is 6.68. The molecule has 1 unspecified atom stereocenters. The first-order valence-corrected chi connectivity index (χ1v) is 12.5. The summed E-state index contributed by atoms with van der Waals surface area (Å²) in [4.78, 5) is 30.9. The Hall–Kier alpha value is -3.93. The summed E-state index contributed by atoms with van der Waals surface area (Å²) in [5.74, 6) is 0.0151. The van der Waals surface area contributed by atoms with Gasteiger partial charge in [0.05, 0.1) is 31.4 Å². The maximum absolute atomic E-state index is 13.3. The van der Waals surface area contributed by atoms with E-state index in [9.17, 15) is 18.0 Å². The van der Waals surface area contributed by atoms with Gasteiger partial charge in [-0.05, 0) is 31.6 Å². The topological polar surface area (TPSA) is 172 Å². The van der Waals surface area contributed by atoms with Crippen molar-refractivity contribution < 1.29 is 32.5 Å². The Morgan fingerprint density at radius 3 is 2.69 bits per heavy atom. The van der Waals surface area contributed by atoms with Crippen LogP contribution < -0.4 is 25.4 Å². The predicted octanol–water partition coefficient (Wildman–Crippen LogP) is 1.73. The molecule has 3 atom stereocenters. The fourth-order valence-electron chi connectivity index (χ4n) is 4.18. The highest BCUT2D eigenvalue weighted by Crippen LogP contribution is 2.37. The number of nitrogens with one attached hydrogen (secondary N) is 1. The number of aliphatic hydroxyl groups is 1. The number of nitriles is 1. The first-order valence-electron chi connectivity index (χ1n) is 12.5. The zero-order chi connectivity index (χ0) is 28.0. The number of anilines is 2. The van der Waals surface area contributed by atoms with E-state index in [0.717, 1.165) is 0 Å². The molecule has 1 aliphatic carbocycles. The van der Waals surface area contributed by atoms with Crippen LogP contribution in [0.1, 0.15) is 36.2 Å². The van der Waals surface area contributed by atoms with Crippen LogP contribution in [0, 0.1) is 29.1 Å². The van der Waals surface area contributed by atoms with Gasteiger partial charge >= 0.3 is 12.2 Å². The molecule has 2 aromatic heterocycles. The average Bonchev–Trinajstić information content (AvgIpc) is 3.69. The second-order valence-electron chi connectivity index (χ2n) is 9.53. The number of alkyl halides is 3. The van der Waals surface area contributed by atoms with Crippen molar-refractivity contribution in [1.29, 1.82) is 5.26 Å². The Morgan fingerprint density at radius 1 is 1.28 bits per heavy atom. The molecule has 4 N–H and O–H groups in total. The third kappa shape index (κ3) is 7.56. The van der Waals surface area contributed by atoms with Gasteiger partial charge in [-0.25, -0.2) is 9.97 Å². The van der Waals surface area contributed by atoms with E-state index in [0.29, 0.717) is 50.5 Å². The summed E-state index contributed by atoms with van der Waals surface area (Å²) in [6.07, 6.45) is -0.499. The largest absolute Gasteiger partial charge is 0.488 e. The molecule has 210 valence electrons. The molecule has 15 heteroatoms. The number of amides is 1. The van der Waals surface area contributed by atoms with Crippen molar-refractivity contribution in [2.75, 3.05) is 43.5 Å². The standard InChI is InChI=1S/C24H29F3N8O4/c25-24(26,27)19(3-6-36)33-22(37)17-8-20(34-23(32-17)39-12-16-7-15(16)9-28)35-4-1-14(2-5-35)11-38-18-10-30-13-31-21(18)29/h8,10,13-16,19,36H,1-7,11-12H2,(H,33,37)(H2,29,30,31)/t15-,16+,19?/m0/s1.